The highest BCUT2D eigenvalue weighted by molar-refractivity contribution is 6.05. The lowest BCUT2D eigenvalue weighted by Crippen LogP contribution is -2.42. The van der Waals surface area contributed by atoms with Crippen LogP contribution in [-0.4, -0.2) is 18.4 Å². The van der Waals surface area contributed by atoms with E-state index in [1.165, 1.54) is 5.57 Å². The second-order valence-corrected chi connectivity index (χ2v) is 5.26. The molecule has 0 fully saturated rings. The molecule has 0 heterocycles. The Morgan fingerprint density at radius 1 is 1.41 bits per heavy atom. The monoisotopic (exact) mass is 236 g/mol. The van der Waals surface area contributed by atoms with E-state index in [4.69, 9.17) is 4.74 Å². The molecule has 0 saturated carbocycles. The largest absolute Gasteiger partial charge is 0.465 e. The Labute approximate surface area is 102 Å². The number of carbonyl (C=O) groups is 2. The Balaban J connectivity index is 2.44. The minimum absolute atomic E-state index is 0.155. The fraction of sp³-hybridized carbons (Fsp3) is 0.714. The van der Waals surface area contributed by atoms with Crippen molar-refractivity contribution in [2.45, 2.75) is 46.5 Å². The van der Waals surface area contributed by atoms with Crippen LogP contribution >= 0.6 is 0 Å². The maximum Gasteiger partial charge on any atom is 0.316 e. The minimum Gasteiger partial charge on any atom is -0.465 e. The van der Waals surface area contributed by atoms with Crippen molar-refractivity contribution in [3.8, 4) is 0 Å². The number of esters is 1. The molecule has 2 atom stereocenters. The van der Waals surface area contributed by atoms with Gasteiger partial charge in [0.05, 0.1) is 12.0 Å². The lowest BCUT2D eigenvalue weighted by molar-refractivity contribution is -0.156. The molecular formula is C14H20O3. The van der Waals surface area contributed by atoms with Crippen LogP contribution in [0.3, 0.4) is 0 Å². The summed E-state index contributed by atoms with van der Waals surface area (Å²) < 4.78 is 5.19. The third-order valence-electron chi connectivity index (χ3n) is 4.37. The molecule has 3 heteroatoms. The Bertz CT molecular complexity index is 394. The zero-order chi connectivity index (χ0) is 12.6. The number of Topliss-reactive ketones (excluding diaryl/α,β-unsaturated/α-hetero) is 1. The van der Waals surface area contributed by atoms with Gasteiger partial charge >= 0.3 is 5.97 Å². The van der Waals surface area contributed by atoms with Crippen molar-refractivity contribution in [3.63, 3.8) is 0 Å². The van der Waals surface area contributed by atoms with Crippen LogP contribution in [0.5, 0.6) is 0 Å². The van der Waals surface area contributed by atoms with Crippen LogP contribution in [-0.2, 0) is 14.3 Å². The molecule has 3 nitrogen and oxygen atoms in total. The van der Waals surface area contributed by atoms with E-state index in [9.17, 15) is 9.59 Å². The maximum absolute atomic E-state index is 12.2. The molecule has 0 bridgehead atoms. The van der Waals surface area contributed by atoms with E-state index in [0.29, 0.717) is 13.0 Å². The van der Waals surface area contributed by atoms with Gasteiger partial charge in [-0.1, -0.05) is 12.5 Å². The van der Waals surface area contributed by atoms with Gasteiger partial charge in [-0.05, 0) is 39.0 Å². The van der Waals surface area contributed by atoms with Crippen molar-refractivity contribution >= 4 is 11.8 Å². The molecule has 0 N–H and O–H groups in total. The molecular weight excluding hydrogens is 216 g/mol. The predicted molar refractivity (Wildman–Crippen MR) is 64.4 cm³/mol. The quantitative estimate of drug-likeness (QED) is 0.692. The van der Waals surface area contributed by atoms with Crippen LogP contribution in [0.25, 0.3) is 0 Å². The van der Waals surface area contributed by atoms with Crippen molar-refractivity contribution in [1.29, 1.82) is 0 Å². The summed E-state index contributed by atoms with van der Waals surface area (Å²) >= 11 is 0. The van der Waals surface area contributed by atoms with Crippen LogP contribution in [0.1, 0.15) is 46.5 Å². The summed E-state index contributed by atoms with van der Waals surface area (Å²) in [4.78, 5) is 24.2. The average Bonchev–Trinajstić information content (AvgIpc) is 2.67. The molecule has 0 aromatic carbocycles. The Morgan fingerprint density at radius 3 is 2.76 bits per heavy atom. The van der Waals surface area contributed by atoms with Gasteiger partial charge in [0.25, 0.3) is 0 Å². The molecule has 0 aromatic rings. The number of allylic oxidation sites excluding steroid dienone is 1. The van der Waals surface area contributed by atoms with Crippen LogP contribution < -0.4 is 0 Å². The predicted octanol–water partition coefficient (Wildman–Crippen LogP) is 2.65. The highest BCUT2D eigenvalue weighted by Gasteiger charge is 2.50. The zero-order valence-electron chi connectivity index (χ0n) is 10.8. The average molecular weight is 236 g/mol. The van der Waals surface area contributed by atoms with Gasteiger partial charge in [0.15, 0.2) is 5.78 Å². The van der Waals surface area contributed by atoms with E-state index < -0.39 is 5.41 Å². The molecule has 94 valence electrons. The van der Waals surface area contributed by atoms with Gasteiger partial charge in [-0.25, -0.2) is 0 Å². The molecule has 17 heavy (non-hydrogen) atoms. The van der Waals surface area contributed by atoms with E-state index in [1.54, 1.807) is 6.92 Å². The van der Waals surface area contributed by atoms with Gasteiger partial charge in [-0.3, -0.25) is 9.59 Å². The molecule has 0 aromatic heterocycles. The van der Waals surface area contributed by atoms with Crippen LogP contribution in [0.2, 0.25) is 0 Å². The first kappa shape index (κ1) is 12.3. The topological polar surface area (TPSA) is 43.4 Å². The molecule has 0 amide bonds. The normalized spacial score (nSPS) is 32.6. The van der Waals surface area contributed by atoms with Gasteiger partial charge in [-0.2, -0.15) is 0 Å². The third-order valence-corrected chi connectivity index (χ3v) is 4.37. The molecule has 0 radical (unpaired) electrons. The lowest BCUT2D eigenvalue weighted by atomic mass is 9.65. The highest BCUT2D eigenvalue weighted by Crippen LogP contribution is 2.50. The second kappa shape index (κ2) is 4.28. The first-order valence-electron chi connectivity index (χ1n) is 6.44. The molecule has 0 spiro atoms. The van der Waals surface area contributed by atoms with Crippen LogP contribution in [0.15, 0.2) is 11.1 Å². The summed E-state index contributed by atoms with van der Waals surface area (Å²) in [5.41, 5.74) is 1.26. The van der Waals surface area contributed by atoms with Gasteiger partial charge in [0.1, 0.15) is 0 Å². The van der Waals surface area contributed by atoms with Crippen LogP contribution in [0, 0.1) is 11.3 Å². The fourth-order valence-corrected chi connectivity index (χ4v) is 3.13. The number of rotatable bonds is 2. The summed E-state index contributed by atoms with van der Waals surface area (Å²) in [5, 5.41) is 0. The second-order valence-electron chi connectivity index (χ2n) is 5.26. The molecule has 0 aliphatic heterocycles. The molecule has 0 unspecified atom stereocenters. The molecule has 2 aliphatic rings. The van der Waals surface area contributed by atoms with Crippen molar-refractivity contribution in [2.24, 2.45) is 11.3 Å². The lowest BCUT2D eigenvalue weighted by Gasteiger charge is -2.38. The molecule has 0 saturated heterocycles. The Kier molecular flexibility index (Phi) is 3.11. The fourth-order valence-electron chi connectivity index (χ4n) is 3.13. The zero-order valence-corrected chi connectivity index (χ0v) is 10.8. The maximum atomic E-state index is 12.2. The van der Waals surface area contributed by atoms with Gasteiger partial charge in [0, 0.05) is 12.0 Å². The first-order chi connectivity index (χ1) is 8.01. The standard InChI is InChI=1S/C14H20O3/c1-4-17-13(16)14(3)9(2)5-6-10-7-8-11(15)12(10)14/h9H,4-8H2,1-3H3/t9-,14-/m1/s1. The summed E-state index contributed by atoms with van der Waals surface area (Å²) in [5.74, 6) is 0.111. The Hall–Kier alpha value is -1.12. The molecule has 2 rings (SSSR count). The van der Waals surface area contributed by atoms with Crippen molar-refractivity contribution in [2.75, 3.05) is 6.61 Å². The van der Waals surface area contributed by atoms with E-state index in [-0.39, 0.29) is 17.7 Å². The third kappa shape index (κ3) is 1.72. The number of ketones is 1. The van der Waals surface area contributed by atoms with Gasteiger partial charge in [-0.15, -0.1) is 0 Å². The van der Waals surface area contributed by atoms with Crippen molar-refractivity contribution in [3.05, 3.63) is 11.1 Å². The van der Waals surface area contributed by atoms with Crippen LogP contribution in [0.4, 0.5) is 0 Å². The van der Waals surface area contributed by atoms with E-state index in [0.717, 1.165) is 24.8 Å². The first-order valence-corrected chi connectivity index (χ1v) is 6.44. The van der Waals surface area contributed by atoms with Crippen molar-refractivity contribution in [1.82, 2.24) is 0 Å². The van der Waals surface area contributed by atoms with E-state index >= 15 is 0 Å². The number of ether oxygens (including phenoxy) is 1. The van der Waals surface area contributed by atoms with Gasteiger partial charge < -0.3 is 4.74 Å². The summed E-state index contributed by atoms with van der Waals surface area (Å²) in [6.45, 7) is 6.11. The highest BCUT2D eigenvalue weighted by atomic mass is 16.5. The van der Waals surface area contributed by atoms with Gasteiger partial charge in [0.2, 0.25) is 0 Å². The summed E-state index contributed by atoms with van der Waals surface area (Å²) in [7, 11) is 0. The minimum atomic E-state index is -0.711. The summed E-state index contributed by atoms with van der Waals surface area (Å²) in [6.07, 6.45) is 3.36. The smallest absolute Gasteiger partial charge is 0.316 e. The SMILES string of the molecule is CCOC(=O)[C@@]1(C)C2=C(CCC2=O)CC[C@H]1C. The number of carbonyl (C=O) groups excluding carboxylic acids is 2. The van der Waals surface area contributed by atoms with E-state index in [1.807, 2.05) is 13.8 Å². The number of hydrogen-bond acceptors (Lipinski definition) is 3. The van der Waals surface area contributed by atoms with E-state index in [2.05, 4.69) is 0 Å². The van der Waals surface area contributed by atoms with Crippen molar-refractivity contribution < 1.29 is 14.3 Å². The Morgan fingerprint density at radius 2 is 2.12 bits per heavy atom. The molecule has 2 aliphatic carbocycles. The number of hydrogen-bond donors (Lipinski definition) is 0. The summed E-state index contributed by atoms with van der Waals surface area (Å²) in [6, 6.07) is 0.